The molecule has 0 spiro atoms. The maximum Gasteiger partial charge on any atom is 0.152 e. The summed E-state index contributed by atoms with van der Waals surface area (Å²) in [7, 11) is 0. The van der Waals surface area contributed by atoms with Gasteiger partial charge in [0.15, 0.2) is 6.17 Å². The van der Waals surface area contributed by atoms with E-state index in [1.807, 2.05) is 0 Å². The van der Waals surface area contributed by atoms with Crippen LogP contribution in [0.25, 0.3) is 0 Å². The molecule has 0 saturated heterocycles. The molecule has 8 heavy (non-hydrogen) atoms. The second-order valence-electron chi connectivity index (χ2n) is 1.88. The van der Waals surface area contributed by atoms with E-state index in [2.05, 4.69) is 6.08 Å². The van der Waals surface area contributed by atoms with Crippen LogP contribution in [0.2, 0.25) is 0 Å². The molecule has 0 aromatic rings. The second kappa shape index (κ2) is 2.25. The van der Waals surface area contributed by atoms with Crippen molar-refractivity contribution in [2.75, 3.05) is 0 Å². The first kappa shape index (κ1) is 5.73. The van der Waals surface area contributed by atoms with E-state index in [1.165, 1.54) is 0 Å². The molecule has 1 radical (unpaired) electrons. The highest BCUT2D eigenvalue weighted by Gasteiger charge is 2.15. The maximum atomic E-state index is 12.1. The lowest BCUT2D eigenvalue weighted by atomic mass is 10.1. The first-order valence-corrected chi connectivity index (χ1v) is 2.71. The molecule has 0 saturated carbocycles. The van der Waals surface area contributed by atoms with Gasteiger partial charge in [-0.2, -0.15) is 0 Å². The molecule has 0 amide bonds. The van der Waals surface area contributed by atoms with Gasteiger partial charge < -0.3 is 0 Å². The minimum atomic E-state index is -1.36. The number of halogens is 2. The zero-order chi connectivity index (χ0) is 5.98. The molecular formula is C6H7F2. The van der Waals surface area contributed by atoms with Crippen LogP contribution in [0, 0.1) is 6.08 Å². The van der Waals surface area contributed by atoms with Crippen LogP contribution in [0.4, 0.5) is 8.78 Å². The highest BCUT2D eigenvalue weighted by atomic mass is 19.2. The molecule has 0 heterocycles. The summed E-state index contributed by atoms with van der Waals surface area (Å²) in [6.07, 6.45) is 2.59. The van der Waals surface area contributed by atoms with Crippen molar-refractivity contribution in [1.82, 2.24) is 0 Å². The summed E-state index contributed by atoms with van der Waals surface area (Å²) in [4.78, 5) is 0. The Morgan fingerprint density at radius 1 is 1.62 bits per heavy atom. The van der Waals surface area contributed by atoms with Gasteiger partial charge in [-0.1, -0.05) is 0 Å². The van der Waals surface area contributed by atoms with E-state index in [0.717, 1.165) is 6.42 Å². The molecule has 1 unspecified atom stereocenters. The number of allylic oxidation sites excluding steroid dienone is 2. The average molecular weight is 117 g/mol. The molecule has 45 valence electrons. The summed E-state index contributed by atoms with van der Waals surface area (Å²) in [6.45, 7) is 0. The van der Waals surface area contributed by atoms with Gasteiger partial charge in [-0.05, 0) is 25.3 Å². The largest absolute Gasteiger partial charge is 0.240 e. The predicted octanol–water partition coefficient (Wildman–Crippen LogP) is 2.16. The Morgan fingerprint density at radius 2 is 2.38 bits per heavy atom. The van der Waals surface area contributed by atoms with Gasteiger partial charge in [0.2, 0.25) is 0 Å². The van der Waals surface area contributed by atoms with Crippen molar-refractivity contribution in [3.05, 3.63) is 11.9 Å². The van der Waals surface area contributed by atoms with E-state index < -0.39 is 12.0 Å². The van der Waals surface area contributed by atoms with Crippen LogP contribution in [0.15, 0.2) is 5.83 Å². The zero-order valence-corrected chi connectivity index (χ0v) is 4.45. The Labute approximate surface area is 47.2 Å². The molecule has 1 aliphatic carbocycles. The summed E-state index contributed by atoms with van der Waals surface area (Å²) in [5.74, 6) is -0.698. The van der Waals surface area contributed by atoms with Gasteiger partial charge in [0.1, 0.15) is 5.83 Å². The molecule has 0 aromatic carbocycles. The van der Waals surface area contributed by atoms with Gasteiger partial charge >= 0.3 is 0 Å². The molecule has 0 bridgehead atoms. The quantitative estimate of drug-likeness (QED) is 0.456. The van der Waals surface area contributed by atoms with E-state index in [9.17, 15) is 8.78 Å². The fourth-order valence-electron chi connectivity index (χ4n) is 0.727. The summed E-state index contributed by atoms with van der Waals surface area (Å²) in [6, 6.07) is 0. The van der Waals surface area contributed by atoms with Crippen LogP contribution in [0.5, 0.6) is 0 Å². The van der Waals surface area contributed by atoms with Crippen LogP contribution in [-0.4, -0.2) is 6.17 Å². The Bertz CT molecular complexity index is 107. The van der Waals surface area contributed by atoms with Gasteiger partial charge in [-0.25, -0.2) is 8.78 Å². The summed E-state index contributed by atoms with van der Waals surface area (Å²) in [5.41, 5.74) is 0. The molecule has 0 fully saturated rings. The smallest absolute Gasteiger partial charge is 0.152 e. The monoisotopic (exact) mass is 117 g/mol. The first-order valence-electron chi connectivity index (χ1n) is 2.71. The zero-order valence-electron chi connectivity index (χ0n) is 4.45. The first-order chi connectivity index (χ1) is 3.80. The molecule has 0 N–H and O–H groups in total. The summed E-state index contributed by atoms with van der Waals surface area (Å²) >= 11 is 0. The van der Waals surface area contributed by atoms with Crippen molar-refractivity contribution >= 4 is 0 Å². The van der Waals surface area contributed by atoms with E-state index in [-0.39, 0.29) is 0 Å². The summed E-state index contributed by atoms with van der Waals surface area (Å²) < 4.78 is 24.1. The third-order valence-corrected chi connectivity index (χ3v) is 1.20. The number of rotatable bonds is 0. The van der Waals surface area contributed by atoms with Crippen molar-refractivity contribution in [2.45, 2.75) is 25.4 Å². The lowest BCUT2D eigenvalue weighted by Crippen LogP contribution is -2.04. The van der Waals surface area contributed by atoms with Crippen molar-refractivity contribution < 1.29 is 8.78 Å². The standard InChI is InChI=1S/C6H7F2/c7-5-3-1-2-4-6(5)8/h5H,1-3H2. The van der Waals surface area contributed by atoms with Crippen LogP contribution in [0.3, 0.4) is 0 Å². The Balaban J connectivity index is 2.53. The maximum absolute atomic E-state index is 12.1. The number of alkyl halides is 1. The molecule has 2 heteroatoms. The van der Waals surface area contributed by atoms with E-state index in [0.29, 0.717) is 12.8 Å². The topological polar surface area (TPSA) is 0 Å². The minimum absolute atomic E-state index is 0.332. The van der Waals surface area contributed by atoms with Gasteiger partial charge in [0, 0.05) is 0 Å². The Kier molecular flexibility index (Phi) is 1.61. The van der Waals surface area contributed by atoms with Crippen LogP contribution < -0.4 is 0 Å². The molecule has 1 aliphatic rings. The third-order valence-electron chi connectivity index (χ3n) is 1.20. The normalized spacial score (nSPS) is 29.8. The molecule has 0 aromatic heterocycles. The molecular weight excluding hydrogens is 110 g/mol. The number of hydrogen-bond donors (Lipinski definition) is 0. The van der Waals surface area contributed by atoms with E-state index in [1.54, 1.807) is 0 Å². The highest BCUT2D eigenvalue weighted by Crippen LogP contribution is 2.20. The van der Waals surface area contributed by atoms with Gasteiger partial charge in [0.25, 0.3) is 0 Å². The van der Waals surface area contributed by atoms with Crippen molar-refractivity contribution in [3.63, 3.8) is 0 Å². The molecule has 1 rings (SSSR count). The SMILES string of the molecule is FC1=[C]CCCC1F. The van der Waals surface area contributed by atoms with Crippen molar-refractivity contribution in [1.29, 1.82) is 0 Å². The molecule has 0 nitrogen and oxygen atoms in total. The second-order valence-corrected chi connectivity index (χ2v) is 1.88. The van der Waals surface area contributed by atoms with Gasteiger partial charge in [-0.15, -0.1) is 0 Å². The fourth-order valence-corrected chi connectivity index (χ4v) is 0.727. The fraction of sp³-hybridized carbons (Fsp3) is 0.667. The van der Waals surface area contributed by atoms with Crippen LogP contribution in [-0.2, 0) is 0 Å². The Hall–Kier alpha value is -0.400. The van der Waals surface area contributed by atoms with Crippen LogP contribution >= 0.6 is 0 Å². The third kappa shape index (κ3) is 1.05. The molecule has 0 aliphatic heterocycles. The van der Waals surface area contributed by atoms with Gasteiger partial charge in [0.05, 0.1) is 0 Å². The number of hydrogen-bond acceptors (Lipinski definition) is 0. The van der Waals surface area contributed by atoms with E-state index >= 15 is 0 Å². The lowest BCUT2D eigenvalue weighted by molar-refractivity contribution is 0.288. The Morgan fingerprint density at radius 3 is 2.75 bits per heavy atom. The predicted molar refractivity (Wildman–Crippen MR) is 26.6 cm³/mol. The summed E-state index contributed by atoms with van der Waals surface area (Å²) in [5, 5.41) is 0. The highest BCUT2D eigenvalue weighted by molar-refractivity contribution is 4.96. The van der Waals surface area contributed by atoms with Crippen molar-refractivity contribution in [3.8, 4) is 0 Å². The van der Waals surface area contributed by atoms with Crippen LogP contribution in [0.1, 0.15) is 19.3 Å². The van der Waals surface area contributed by atoms with Gasteiger partial charge in [-0.3, -0.25) is 0 Å². The van der Waals surface area contributed by atoms with Crippen molar-refractivity contribution in [2.24, 2.45) is 0 Å². The van der Waals surface area contributed by atoms with E-state index in [4.69, 9.17) is 0 Å². The average Bonchev–Trinajstić information content (AvgIpc) is 1.77. The minimum Gasteiger partial charge on any atom is -0.240 e. The lowest BCUT2D eigenvalue weighted by Gasteiger charge is -2.08. The molecule has 1 atom stereocenters.